The molecule has 0 radical (unpaired) electrons. The third-order valence-corrected chi connectivity index (χ3v) is 2.84. The van der Waals surface area contributed by atoms with E-state index < -0.39 is 0 Å². The zero-order valence-corrected chi connectivity index (χ0v) is 11.8. The summed E-state index contributed by atoms with van der Waals surface area (Å²) >= 11 is 0. The van der Waals surface area contributed by atoms with Gasteiger partial charge in [-0.15, -0.1) is 0 Å². The summed E-state index contributed by atoms with van der Waals surface area (Å²) in [5, 5.41) is 9.70. The SMILES string of the molecule is COc1ccc(CN(C)CCCN(C)C)cc1O. The number of rotatable bonds is 7. The summed E-state index contributed by atoms with van der Waals surface area (Å²) in [6.07, 6.45) is 1.14. The molecule has 0 aromatic heterocycles. The summed E-state index contributed by atoms with van der Waals surface area (Å²) in [5.74, 6) is 0.728. The van der Waals surface area contributed by atoms with Crippen LogP contribution in [0.5, 0.6) is 11.5 Å². The van der Waals surface area contributed by atoms with E-state index in [9.17, 15) is 5.11 Å². The molecule has 0 aliphatic rings. The Kier molecular flexibility index (Phi) is 5.95. The van der Waals surface area contributed by atoms with Gasteiger partial charge in [-0.05, 0) is 58.3 Å². The Hall–Kier alpha value is -1.26. The molecule has 102 valence electrons. The number of nitrogens with zero attached hydrogens (tertiary/aromatic N) is 2. The largest absolute Gasteiger partial charge is 0.504 e. The van der Waals surface area contributed by atoms with Gasteiger partial charge in [-0.25, -0.2) is 0 Å². The highest BCUT2D eigenvalue weighted by Gasteiger charge is 2.05. The second kappa shape index (κ2) is 7.24. The molecule has 4 nitrogen and oxygen atoms in total. The van der Waals surface area contributed by atoms with Crippen LogP contribution in [0, 0.1) is 0 Å². The predicted octanol–water partition coefficient (Wildman–Crippen LogP) is 1.78. The first-order valence-corrected chi connectivity index (χ1v) is 6.22. The maximum absolute atomic E-state index is 9.70. The second-order valence-corrected chi connectivity index (χ2v) is 4.90. The van der Waals surface area contributed by atoms with Crippen LogP contribution in [0.3, 0.4) is 0 Å². The average Bonchev–Trinajstić information content (AvgIpc) is 2.28. The number of phenolic OH excluding ortho intramolecular Hbond substituents is 1. The molecule has 1 aromatic rings. The van der Waals surface area contributed by atoms with Crippen molar-refractivity contribution in [2.24, 2.45) is 0 Å². The van der Waals surface area contributed by atoms with E-state index in [0.717, 1.165) is 31.6 Å². The number of hydrogen-bond donors (Lipinski definition) is 1. The van der Waals surface area contributed by atoms with Crippen molar-refractivity contribution in [3.05, 3.63) is 23.8 Å². The van der Waals surface area contributed by atoms with Gasteiger partial charge in [0.15, 0.2) is 11.5 Å². The number of benzene rings is 1. The maximum atomic E-state index is 9.70. The van der Waals surface area contributed by atoms with Crippen molar-refractivity contribution in [3.63, 3.8) is 0 Å². The fraction of sp³-hybridized carbons (Fsp3) is 0.571. The van der Waals surface area contributed by atoms with E-state index in [1.165, 1.54) is 0 Å². The van der Waals surface area contributed by atoms with Gasteiger partial charge in [0.1, 0.15) is 0 Å². The second-order valence-electron chi connectivity index (χ2n) is 4.90. The summed E-state index contributed by atoms with van der Waals surface area (Å²) < 4.78 is 5.03. The smallest absolute Gasteiger partial charge is 0.160 e. The van der Waals surface area contributed by atoms with Crippen LogP contribution in [0.25, 0.3) is 0 Å². The van der Waals surface area contributed by atoms with Gasteiger partial charge in [-0.3, -0.25) is 0 Å². The quantitative estimate of drug-likeness (QED) is 0.802. The Bertz CT molecular complexity index is 367. The predicted molar refractivity (Wildman–Crippen MR) is 74.2 cm³/mol. The molecule has 0 heterocycles. The zero-order chi connectivity index (χ0) is 13.5. The maximum Gasteiger partial charge on any atom is 0.160 e. The van der Waals surface area contributed by atoms with Crippen molar-refractivity contribution >= 4 is 0 Å². The van der Waals surface area contributed by atoms with E-state index in [0.29, 0.717) is 5.75 Å². The van der Waals surface area contributed by atoms with Crippen LogP contribution in [-0.4, -0.2) is 56.2 Å². The highest BCUT2D eigenvalue weighted by molar-refractivity contribution is 5.41. The van der Waals surface area contributed by atoms with Gasteiger partial charge >= 0.3 is 0 Å². The summed E-state index contributed by atoms with van der Waals surface area (Å²) in [6.45, 7) is 2.98. The van der Waals surface area contributed by atoms with Gasteiger partial charge in [0, 0.05) is 6.54 Å². The first kappa shape index (κ1) is 14.8. The van der Waals surface area contributed by atoms with Gasteiger partial charge in [-0.1, -0.05) is 6.07 Å². The molecule has 1 N–H and O–H groups in total. The molecule has 0 aliphatic carbocycles. The Balaban J connectivity index is 2.44. The first-order valence-electron chi connectivity index (χ1n) is 6.22. The molecule has 0 fully saturated rings. The van der Waals surface area contributed by atoms with Gasteiger partial charge < -0.3 is 19.6 Å². The van der Waals surface area contributed by atoms with Crippen LogP contribution in [0.4, 0.5) is 0 Å². The van der Waals surface area contributed by atoms with Crippen molar-refractivity contribution in [3.8, 4) is 11.5 Å². The van der Waals surface area contributed by atoms with Gasteiger partial charge in [0.2, 0.25) is 0 Å². The van der Waals surface area contributed by atoms with Crippen molar-refractivity contribution < 1.29 is 9.84 Å². The van der Waals surface area contributed by atoms with E-state index in [1.54, 1.807) is 19.2 Å². The molecular formula is C14H24N2O2. The lowest BCUT2D eigenvalue weighted by atomic mass is 10.2. The van der Waals surface area contributed by atoms with Crippen molar-refractivity contribution in [2.75, 3.05) is 41.3 Å². The molecule has 0 atom stereocenters. The van der Waals surface area contributed by atoms with E-state index in [4.69, 9.17) is 4.74 Å². The number of aromatic hydroxyl groups is 1. The van der Waals surface area contributed by atoms with Gasteiger partial charge in [0.05, 0.1) is 7.11 Å². The third kappa shape index (κ3) is 4.94. The average molecular weight is 252 g/mol. The van der Waals surface area contributed by atoms with E-state index in [1.807, 2.05) is 6.07 Å². The minimum Gasteiger partial charge on any atom is -0.504 e. The molecule has 0 aliphatic heterocycles. The molecule has 18 heavy (non-hydrogen) atoms. The summed E-state index contributed by atoms with van der Waals surface area (Å²) in [4.78, 5) is 4.44. The minimum atomic E-state index is 0.205. The fourth-order valence-corrected chi connectivity index (χ4v) is 1.88. The first-order chi connectivity index (χ1) is 8.52. The normalized spacial score (nSPS) is 11.2. The van der Waals surface area contributed by atoms with E-state index >= 15 is 0 Å². The highest BCUT2D eigenvalue weighted by Crippen LogP contribution is 2.26. The Morgan fingerprint density at radius 3 is 2.44 bits per heavy atom. The highest BCUT2D eigenvalue weighted by atomic mass is 16.5. The molecule has 0 amide bonds. The van der Waals surface area contributed by atoms with E-state index in [-0.39, 0.29) is 5.75 Å². The van der Waals surface area contributed by atoms with Crippen LogP contribution in [0.2, 0.25) is 0 Å². The van der Waals surface area contributed by atoms with Crippen LogP contribution in [-0.2, 0) is 6.54 Å². The molecule has 4 heteroatoms. The lowest BCUT2D eigenvalue weighted by Gasteiger charge is -2.18. The number of methoxy groups -OCH3 is 1. The lowest BCUT2D eigenvalue weighted by molar-refractivity contribution is 0.294. The Morgan fingerprint density at radius 1 is 1.17 bits per heavy atom. The monoisotopic (exact) mass is 252 g/mol. The Labute approximate surface area is 110 Å². The van der Waals surface area contributed by atoms with Crippen molar-refractivity contribution in [1.82, 2.24) is 9.80 Å². The topological polar surface area (TPSA) is 35.9 Å². The van der Waals surface area contributed by atoms with E-state index in [2.05, 4.69) is 30.9 Å². The number of ether oxygens (including phenoxy) is 1. The minimum absolute atomic E-state index is 0.205. The number of phenols is 1. The number of hydrogen-bond acceptors (Lipinski definition) is 4. The lowest BCUT2D eigenvalue weighted by Crippen LogP contribution is -2.23. The van der Waals surface area contributed by atoms with Crippen LogP contribution in [0.1, 0.15) is 12.0 Å². The van der Waals surface area contributed by atoms with Crippen molar-refractivity contribution in [1.29, 1.82) is 0 Å². The summed E-state index contributed by atoms with van der Waals surface area (Å²) in [5.41, 5.74) is 1.10. The summed E-state index contributed by atoms with van der Waals surface area (Å²) in [7, 11) is 7.82. The molecule has 0 saturated carbocycles. The molecule has 0 bridgehead atoms. The van der Waals surface area contributed by atoms with Crippen LogP contribution >= 0.6 is 0 Å². The standard InChI is InChI=1S/C14H24N2O2/c1-15(2)8-5-9-16(3)11-12-6-7-14(18-4)13(17)10-12/h6-7,10,17H,5,8-9,11H2,1-4H3. The zero-order valence-electron chi connectivity index (χ0n) is 11.8. The third-order valence-electron chi connectivity index (χ3n) is 2.84. The Morgan fingerprint density at radius 2 is 1.89 bits per heavy atom. The molecule has 1 rings (SSSR count). The van der Waals surface area contributed by atoms with Gasteiger partial charge in [-0.2, -0.15) is 0 Å². The fourth-order valence-electron chi connectivity index (χ4n) is 1.88. The van der Waals surface area contributed by atoms with Gasteiger partial charge in [0.25, 0.3) is 0 Å². The van der Waals surface area contributed by atoms with Crippen molar-refractivity contribution in [2.45, 2.75) is 13.0 Å². The molecule has 0 unspecified atom stereocenters. The molecular weight excluding hydrogens is 228 g/mol. The van der Waals surface area contributed by atoms with Crippen LogP contribution in [0.15, 0.2) is 18.2 Å². The summed E-state index contributed by atoms with van der Waals surface area (Å²) in [6, 6.07) is 5.56. The van der Waals surface area contributed by atoms with Crippen LogP contribution < -0.4 is 4.74 Å². The molecule has 0 saturated heterocycles. The molecule has 1 aromatic carbocycles. The molecule has 0 spiro atoms.